The molecular weight excluding hydrogens is 519 g/mol. The van der Waals surface area contributed by atoms with Gasteiger partial charge in [0.25, 0.3) is 5.91 Å². The summed E-state index contributed by atoms with van der Waals surface area (Å²) in [6, 6.07) is 3.49. The number of rotatable bonds is 4. The number of nitrogens with zero attached hydrogens (tertiary/aromatic N) is 5. The zero-order valence-corrected chi connectivity index (χ0v) is 20.6. The van der Waals surface area contributed by atoms with Gasteiger partial charge in [0.15, 0.2) is 5.69 Å². The number of ether oxygens (including phenoxy) is 1. The van der Waals surface area contributed by atoms with Crippen LogP contribution >= 0.6 is 11.6 Å². The van der Waals surface area contributed by atoms with Crippen LogP contribution in [0.5, 0.6) is 0 Å². The molecule has 10 nitrogen and oxygen atoms in total. The quantitative estimate of drug-likeness (QED) is 0.631. The normalized spacial score (nSPS) is 18.8. The third-order valence-electron chi connectivity index (χ3n) is 6.27. The number of piperazine rings is 1. The fourth-order valence-corrected chi connectivity index (χ4v) is 4.64. The number of benzene rings is 1. The van der Waals surface area contributed by atoms with Crippen LogP contribution in [0.4, 0.5) is 18.0 Å². The molecule has 0 bridgehead atoms. The monoisotopic (exact) mass is 543 g/mol. The standard InChI is InChI=1S/C23H25ClF3N5O5/c1-29-5-6-31(19(12-29)21(34)35)20(33)18-10-17-11-30(3-2-4-32(17)28-18)22(36)37-13-14-7-15(23(25,26)27)9-16(24)8-14/h7-10,19H,2-6,11-13H2,1H3,(H,34,35). The first-order chi connectivity index (χ1) is 17.4. The van der Waals surface area contributed by atoms with E-state index >= 15 is 0 Å². The number of carboxylic acid groups (broad SMARTS) is 1. The van der Waals surface area contributed by atoms with Crippen LogP contribution in [0.15, 0.2) is 24.3 Å². The van der Waals surface area contributed by atoms with Crippen LogP contribution in [0.25, 0.3) is 0 Å². The number of halogens is 4. The summed E-state index contributed by atoms with van der Waals surface area (Å²) in [5.41, 5.74) is -0.200. The zero-order valence-electron chi connectivity index (χ0n) is 19.9. The summed E-state index contributed by atoms with van der Waals surface area (Å²) in [5, 5.41) is 13.8. The Kier molecular flexibility index (Phi) is 7.64. The third-order valence-corrected chi connectivity index (χ3v) is 6.49. The van der Waals surface area contributed by atoms with Gasteiger partial charge >= 0.3 is 18.2 Å². The van der Waals surface area contributed by atoms with Crippen molar-refractivity contribution in [3.63, 3.8) is 0 Å². The van der Waals surface area contributed by atoms with Crippen LogP contribution in [0, 0.1) is 0 Å². The number of alkyl halides is 3. The highest BCUT2D eigenvalue weighted by Crippen LogP contribution is 2.32. The van der Waals surface area contributed by atoms with E-state index in [0.717, 1.165) is 12.1 Å². The van der Waals surface area contributed by atoms with Crippen LogP contribution in [0.1, 0.15) is 33.7 Å². The lowest BCUT2D eigenvalue weighted by Gasteiger charge is -2.37. The molecule has 3 heterocycles. The second-order valence-corrected chi connectivity index (χ2v) is 9.47. The van der Waals surface area contributed by atoms with E-state index in [2.05, 4.69) is 5.10 Å². The molecule has 2 aliphatic heterocycles. The van der Waals surface area contributed by atoms with Crippen LogP contribution in [-0.2, 0) is 35.4 Å². The van der Waals surface area contributed by atoms with Gasteiger partial charge in [0.2, 0.25) is 0 Å². The number of aliphatic carboxylic acids is 1. The van der Waals surface area contributed by atoms with Crippen LogP contribution < -0.4 is 0 Å². The highest BCUT2D eigenvalue weighted by Gasteiger charge is 2.36. The molecule has 200 valence electrons. The number of carbonyl (C=O) groups is 3. The van der Waals surface area contributed by atoms with Gasteiger partial charge in [-0.2, -0.15) is 18.3 Å². The summed E-state index contributed by atoms with van der Waals surface area (Å²) in [7, 11) is 1.78. The van der Waals surface area contributed by atoms with Crippen molar-refractivity contribution >= 4 is 29.6 Å². The molecule has 1 N–H and O–H groups in total. The van der Waals surface area contributed by atoms with Gasteiger partial charge in [-0.05, 0) is 43.3 Å². The average Bonchev–Trinajstić information content (AvgIpc) is 3.12. The van der Waals surface area contributed by atoms with Gasteiger partial charge in [0, 0.05) is 37.7 Å². The summed E-state index contributed by atoms with van der Waals surface area (Å²) >= 11 is 5.79. The number of amides is 2. The van der Waals surface area contributed by atoms with Gasteiger partial charge in [-0.15, -0.1) is 0 Å². The first kappa shape index (κ1) is 26.7. The van der Waals surface area contributed by atoms with E-state index in [1.807, 2.05) is 4.90 Å². The summed E-state index contributed by atoms with van der Waals surface area (Å²) in [4.78, 5) is 42.0. The van der Waals surface area contributed by atoms with E-state index in [4.69, 9.17) is 16.3 Å². The molecule has 1 fully saturated rings. The number of hydrogen-bond donors (Lipinski definition) is 1. The lowest BCUT2D eigenvalue weighted by Crippen LogP contribution is -2.57. The molecule has 1 saturated heterocycles. The van der Waals surface area contributed by atoms with E-state index < -0.39 is 42.4 Å². The molecule has 2 amide bonds. The van der Waals surface area contributed by atoms with Crippen molar-refractivity contribution in [3.05, 3.63) is 51.8 Å². The molecular formula is C23H25ClF3N5O5. The van der Waals surface area contributed by atoms with Crippen molar-refractivity contribution in [2.24, 2.45) is 0 Å². The molecule has 0 aliphatic carbocycles. The van der Waals surface area contributed by atoms with E-state index in [9.17, 15) is 32.7 Å². The number of carboxylic acids is 1. The maximum absolute atomic E-state index is 13.1. The summed E-state index contributed by atoms with van der Waals surface area (Å²) in [5.74, 6) is -1.60. The largest absolute Gasteiger partial charge is 0.480 e. The minimum absolute atomic E-state index is 0.0631. The molecule has 1 atom stereocenters. The SMILES string of the molecule is CN1CCN(C(=O)c2cc3n(n2)CCCN(C(=O)OCc2cc(Cl)cc(C(F)(F)F)c2)C3)C(C(=O)O)C1. The van der Waals surface area contributed by atoms with Crippen molar-refractivity contribution < 1.29 is 37.4 Å². The molecule has 14 heteroatoms. The lowest BCUT2D eigenvalue weighted by molar-refractivity contribution is -0.144. The minimum atomic E-state index is -4.59. The molecule has 4 rings (SSSR count). The Morgan fingerprint density at radius 3 is 2.59 bits per heavy atom. The number of likely N-dealkylation sites (N-methyl/N-ethyl adjacent to an activating group) is 1. The first-order valence-corrected chi connectivity index (χ1v) is 11.9. The van der Waals surface area contributed by atoms with Crippen molar-refractivity contribution in [1.82, 2.24) is 24.5 Å². The Labute approximate surface area is 215 Å². The maximum atomic E-state index is 13.1. The predicted molar refractivity (Wildman–Crippen MR) is 124 cm³/mol. The van der Waals surface area contributed by atoms with E-state index in [0.29, 0.717) is 31.7 Å². The lowest BCUT2D eigenvalue weighted by atomic mass is 10.1. The fourth-order valence-electron chi connectivity index (χ4n) is 4.38. The number of hydrogen-bond acceptors (Lipinski definition) is 6. The van der Waals surface area contributed by atoms with Crippen LogP contribution in [0.3, 0.4) is 0 Å². The van der Waals surface area contributed by atoms with Gasteiger partial charge in [-0.25, -0.2) is 9.59 Å². The smallest absolute Gasteiger partial charge is 0.416 e. The predicted octanol–water partition coefficient (Wildman–Crippen LogP) is 2.94. The Bertz CT molecular complexity index is 1200. The van der Waals surface area contributed by atoms with Crippen molar-refractivity contribution in [3.8, 4) is 0 Å². The van der Waals surface area contributed by atoms with Crippen LogP contribution in [-0.4, -0.2) is 86.8 Å². The Balaban J connectivity index is 1.43. The fraction of sp³-hybridized carbons (Fsp3) is 0.478. The molecule has 0 radical (unpaired) electrons. The second-order valence-electron chi connectivity index (χ2n) is 9.03. The van der Waals surface area contributed by atoms with Gasteiger partial charge in [-0.1, -0.05) is 11.6 Å². The molecule has 1 aromatic heterocycles. The highest BCUT2D eigenvalue weighted by molar-refractivity contribution is 6.30. The molecule has 2 aromatic rings. The number of aryl methyl sites for hydroxylation is 1. The Hall–Kier alpha value is -3.32. The third kappa shape index (κ3) is 6.16. The van der Waals surface area contributed by atoms with Gasteiger partial charge < -0.3 is 24.5 Å². The molecule has 1 unspecified atom stereocenters. The maximum Gasteiger partial charge on any atom is 0.416 e. The van der Waals surface area contributed by atoms with E-state index in [1.165, 1.54) is 21.9 Å². The first-order valence-electron chi connectivity index (χ1n) is 11.5. The van der Waals surface area contributed by atoms with Crippen molar-refractivity contribution in [2.75, 3.05) is 33.2 Å². The number of fused-ring (bicyclic) bond motifs is 1. The highest BCUT2D eigenvalue weighted by atomic mass is 35.5. The van der Waals surface area contributed by atoms with Crippen LogP contribution in [0.2, 0.25) is 5.02 Å². The van der Waals surface area contributed by atoms with Gasteiger partial charge in [0.05, 0.1) is 17.8 Å². The Morgan fingerprint density at radius 2 is 1.89 bits per heavy atom. The van der Waals surface area contributed by atoms with Gasteiger partial charge in [-0.3, -0.25) is 9.48 Å². The van der Waals surface area contributed by atoms with E-state index in [1.54, 1.807) is 11.7 Å². The zero-order chi connectivity index (χ0) is 26.9. The van der Waals surface area contributed by atoms with Crippen molar-refractivity contribution in [2.45, 2.75) is 38.3 Å². The summed E-state index contributed by atoms with van der Waals surface area (Å²) in [6.07, 6.45) is -4.82. The minimum Gasteiger partial charge on any atom is -0.480 e. The molecule has 0 spiro atoms. The van der Waals surface area contributed by atoms with Crippen molar-refractivity contribution in [1.29, 1.82) is 0 Å². The number of aromatic nitrogens is 2. The van der Waals surface area contributed by atoms with Gasteiger partial charge in [0.1, 0.15) is 12.6 Å². The topological polar surface area (TPSA) is 108 Å². The molecule has 37 heavy (non-hydrogen) atoms. The Morgan fingerprint density at radius 1 is 1.14 bits per heavy atom. The molecule has 1 aromatic carbocycles. The van der Waals surface area contributed by atoms with E-state index in [-0.39, 0.29) is 35.9 Å². The molecule has 0 saturated carbocycles. The molecule has 2 aliphatic rings. The number of carbonyl (C=O) groups excluding carboxylic acids is 2. The summed E-state index contributed by atoms with van der Waals surface area (Å²) < 4.78 is 46.0. The second kappa shape index (κ2) is 10.6. The summed E-state index contributed by atoms with van der Waals surface area (Å²) in [6.45, 7) is 1.36. The average molecular weight is 544 g/mol.